The van der Waals surface area contributed by atoms with Crippen LogP contribution in [0, 0.1) is 0 Å². The first kappa shape index (κ1) is 32.8. The Morgan fingerprint density at radius 3 is 1.89 bits per heavy atom. The van der Waals surface area contributed by atoms with Gasteiger partial charge in [0.2, 0.25) is 30.2 Å². The predicted molar refractivity (Wildman–Crippen MR) is 146 cm³/mol. The van der Waals surface area contributed by atoms with Gasteiger partial charge in [-0.3, -0.25) is 0 Å². The summed E-state index contributed by atoms with van der Waals surface area (Å²) in [5.41, 5.74) is 0.263. The van der Waals surface area contributed by atoms with Gasteiger partial charge in [0.1, 0.15) is 60.4 Å². The third-order valence-electron chi connectivity index (χ3n) is 7.73. The number of methoxy groups -OCH3 is 1. The molecule has 248 valence electrons. The lowest BCUT2D eigenvalue weighted by Crippen LogP contribution is -2.59. The summed E-state index contributed by atoms with van der Waals surface area (Å²) in [6.45, 7) is -1.46. The fourth-order valence-corrected chi connectivity index (χ4v) is 5.21. The molecule has 2 saturated heterocycles. The predicted octanol–water partition coefficient (Wildman–Crippen LogP) is -3.42. The van der Waals surface area contributed by atoms with Crippen LogP contribution in [0.5, 0.6) is 17.2 Å². The summed E-state index contributed by atoms with van der Waals surface area (Å²) in [6, 6.07) is 2.43. The number of benzene rings is 1. The SMILES string of the molecule is COc1cc(C2=C(OC3OC(CO)C(O)C(O)C3O)C=C3C(OC4OC(CO)C(O)C(O)C4O)=CC(O)=CC3[OH+]2)cc(O)c1O. The Hall–Kier alpha value is -3.62. The maximum atomic E-state index is 10.6. The van der Waals surface area contributed by atoms with Gasteiger partial charge >= 0.3 is 5.76 Å². The van der Waals surface area contributed by atoms with Crippen LogP contribution in [0.2, 0.25) is 0 Å². The van der Waals surface area contributed by atoms with E-state index in [0.29, 0.717) is 0 Å². The standard InChI is InChI=1S/C28H34O17/c1-40-15-3-9(2-12(32)19(15)33)26-16(43-28-25(39)23(37)21(35)18(8-30)45-28)6-11-13(41-26)4-10(31)5-14(11)42-27-24(38)22(36)20(34)17(7-29)44-27/h2-6,13,17-18,20-25,27-39H,7-8H2,1H3/p+1. The van der Waals surface area contributed by atoms with E-state index >= 15 is 0 Å². The van der Waals surface area contributed by atoms with E-state index in [2.05, 4.69) is 4.74 Å². The maximum absolute atomic E-state index is 10.6. The van der Waals surface area contributed by atoms with Crippen molar-refractivity contribution in [2.45, 2.75) is 67.5 Å². The van der Waals surface area contributed by atoms with Crippen LogP contribution in [0.25, 0.3) is 5.76 Å². The molecule has 12 N–H and O–H groups in total. The van der Waals surface area contributed by atoms with Gasteiger partial charge in [0.25, 0.3) is 0 Å². The first-order valence-corrected chi connectivity index (χ1v) is 13.7. The molecule has 3 aliphatic heterocycles. The van der Waals surface area contributed by atoms with Gasteiger partial charge in [-0.05, 0) is 0 Å². The molecular weight excluding hydrogens is 608 g/mol. The topological polar surface area (TPSA) is 281 Å². The van der Waals surface area contributed by atoms with Crippen molar-refractivity contribution in [3.05, 3.63) is 58.8 Å². The molecule has 3 heterocycles. The molecule has 17 heteroatoms. The molecule has 0 saturated carbocycles. The normalized spacial score (nSPS) is 36.6. The van der Waals surface area contributed by atoms with Gasteiger partial charge in [0.15, 0.2) is 11.5 Å². The Morgan fingerprint density at radius 2 is 1.33 bits per heavy atom. The van der Waals surface area contributed by atoms with Gasteiger partial charge in [-0.15, -0.1) is 0 Å². The van der Waals surface area contributed by atoms with Crippen molar-refractivity contribution in [1.29, 1.82) is 0 Å². The van der Waals surface area contributed by atoms with Crippen molar-refractivity contribution in [3.63, 3.8) is 0 Å². The van der Waals surface area contributed by atoms with E-state index in [1.807, 2.05) is 0 Å². The van der Waals surface area contributed by atoms with Crippen LogP contribution in [0.4, 0.5) is 0 Å². The molecular formula is C28H35O17+. The molecule has 11 unspecified atom stereocenters. The van der Waals surface area contributed by atoms with Crippen molar-refractivity contribution in [2.24, 2.45) is 0 Å². The number of ether oxygens (including phenoxy) is 6. The Labute approximate surface area is 254 Å². The molecule has 0 bridgehead atoms. The number of rotatable bonds is 8. The van der Waals surface area contributed by atoms with Gasteiger partial charge in [-0.2, -0.15) is 0 Å². The van der Waals surface area contributed by atoms with Crippen LogP contribution in [-0.2, 0) is 18.9 Å². The number of hydrogen-bond donors (Lipinski definition) is 11. The Bertz CT molecular complexity index is 1380. The van der Waals surface area contributed by atoms with E-state index < -0.39 is 92.2 Å². The van der Waals surface area contributed by atoms with E-state index in [0.717, 1.165) is 12.1 Å². The highest BCUT2D eigenvalue weighted by Crippen LogP contribution is 2.43. The molecule has 1 aliphatic carbocycles. The number of phenols is 2. The largest absolute Gasteiger partial charge is 0.571 e. The summed E-state index contributed by atoms with van der Waals surface area (Å²) in [5, 5.41) is 112. The van der Waals surface area contributed by atoms with Crippen LogP contribution in [-0.4, -0.2) is 149 Å². The van der Waals surface area contributed by atoms with Crippen LogP contribution < -0.4 is 4.74 Å². The highest BCUT2D eigenvalue weighted by atomic mass is 16.7. The van der Waals surface area contributed by atoms with Gasteiger partial charge in [0, 0.05) is 24.3 Å². The summed E-state index contributed by atoms with van der Waals surface area (Å²) >= 11 is 0. The highest BCUT2D eigenvalue weighted by molar-refractivity contribution is 5.71. The van der Waals surface area contributed by atoms with Crippen molar-refractivity contribution >= 4 is 5.76 Å². The fourth-order valence-electron chi connectivity index (χ4n) is 5.21. The summed E-state index contributed by atoms with van der Waals surface area (Å²) in [4.78, 5) is 0. The average molecular weight is 644 g/mol. The lowest BCUT2D eigenvalue weighted by atomic mass is 9.96. The number of aliphatic hydroxyl groups excluding tert-OH is 9. The van der Waals surface area contributed by atoms with Crippen molar-refractivity contribution in [3.8, 4) is 17.2 Å². The molecule has 17 nitrogen and oxygen atoms in total. The van der Waals surface area contributed by atoms with Crippen LogP contribution in [0.3, 0.4) is 0 Å². The molecule has 0 aromatic heterocycles. The molecule has 0 radical (unpaired) electrons. The molecule has 0 spiro atoms. The van der Waals surface area contributed by atoms with Gasteiger partial charge < -0.3 is 84.6 Å². The second kappa shape index (κ2) is 13.0. The summed E-state index contributed by atoms with van der Waals surface area (Å²) in [6.07, 6.45) is -13.7. The molecule has 5 rings (SSSR count). The van der Waals surface area contributed by atoms with Crippen LogP contribution in [0.1, 0.15) is 5.56 Å². The minimum Gasteiger partial charge on any atom is -0.571 e. The van der Waals surface area contributed by atoms with Crippen LogP contribution >= 0.6 is 0 Å². The molecule has 2 fully saturated rings. The third-order valence-corrected chi connectivity index (χ3v) is 7.73. The first-order chi connectivity index (χ1) is 21.4. The number of fused-ring (bicyclic) bond motifs is 1. The number of hydrogen-bond acceptors (Lipinski definition) is 16. The number of aliphatic hydroxyl groups is 11. The lowest BCUT2D eigenvalue weighted by molar-refractivity contribution is -0.292. The fraction of sp³-hybridized carbons (Fsp3) is 0.500. The van der Waals surface area contributed by atoms with Crippen LogP contribution in [0.15, 0.2) is 53.2 Å². The first-order valence-electron chi connectivity index (χ1n) is 13.7. The van der Waals surface area contributed by atoms with E-state index in [-0.39, 0.29) is 39.9 Å². The Kier molecular flexibility index (Phi) is 9.47. The minimum atomic E-state index is -1.83. The monoisotopic (exact) mass is 643 g/mol. The van der Waals surface area contributed by atoms with E-state index in [9.17, 15) is 56.2 Å². The Morgan fingerprint density at radius 1 is 0.756 bits per heavy atom. The molecule has 1 aromatic rings. The molecule has 11 atom stereocenters. The van der Waals surface area contributed by atoms with E-state index in [1.165, 1.54) is 25.3 Å². The zero-order valence-corrected chi connectivity index (χ0v) is 23.6. The zero-order chi connectivity index (χ0) is 32.7. The summed E-state index contributed by atoms with van der Waals surface area (Å²) < 4.78 is 32.3. The van der Waals surface area contributed by atoms with E-state index in [4.69, 9.17) is 23.7 Å². The Balaban J connectivity index is 1.57. The second-order valence-corrected chi connectivity index (χ2v) is 10.7. The highest BCUT2D eigenvalue weighted by Gasteiger charge is 2.48. The zero-order valence-electron chi connectivity index (χ0n) is 23.6. The van der Waals surface area contributed by atoms with Gasteiger partial charge in [-0.25, -0.2) is 0 Å². The molecule has 1 aromatic carbocycles. The third kappa shape index (κ3) is 6.15. The van der Waals surface area contributed by atoms with Gasteiger partial charge in [-0.1, -0.05) is 0 Å². The van der Waals surface area contributed by atoms with Crippen molar-refractivity contribution in [2.75, 3.05) is 20.3 Å². The lowest BCUT2D eigenvalue weighted by Gasteiger charge is -2.41. The number of phenolic OH excluding ortho intramolecular Hbond substituents is 2. The molecule has 4 aliphatic rings. The molecule has 45 heavy (non-hydrogen) atoms. The second-order valence-electron chi connectivity index (χ2n) is 10.7. The maximum Gasteiger partial charge on any atom is 0.305 e. The summed E-state index contributed by atoms with van der Waals surface area (Å²) in [7, 11) is 1.24. The smallest absolute Gasteiger partial charge is 0.305 e. The summed E-state index contributed by atoms with van der Waals surface area (Å²) in [5.74, 6) is -2.06. The number of aromatic hydroxyl groups is 2. The minimum absolute atomic E-state index is 0.0487. The van der Waals surface area contributed by atoms with Gasteiger partial charge in [0.05, 0.1) is 37.5 Å². The van der Waals surface area contributed by atoms with Crippen molar-refractivity contribution < 1.29 is 84.6 Å². The van der Waals surface area contributed by atoms with Crippen molar-refractivity contribution in [1.82, 2.24) is 0 Å². The average Bonchev–Trinajstić information content (AvgIpc) is 3.02. The quantitative estimate of drug-likeness (QED) is 0.0972. The molecule has 0 amide bonds. The number of allylic oxidation sites excluding steroid dienone is 2. The van der Waals surface area contributed by atoms with E-state index in [1.54, 1.807) is 0 Å².